The first-order valence-electron chi connectivity index (χ1n) is 8.85. The van der Waals surface area contributed by atoms with Crippen molar-refractivity contribution in [2.75, 3.05) is 32.2 Å². The third-order valence-corrected chi connectivity index (χ3v) is 4.65. The fourth-order valence-electron chi connectivity index (χ4n) is 3.09. The highest BCUT2D eigenvalue weighted by Crippen LogP contribution is 2.26. The number of Topliss-reactive ketones (excluding diaryl/α,β-unsaturated/α-hetero) is 1. The maximum atomic E-state index is 12.2. The number of ketones is 1. The molecule has 2 heterocycles. The second kappa shape index (κ2) is 8.02. The van der Waals surface area contributed by atoms with Gasteiger partial charge in [-0.15, -0.1) is 0 Å². The number of H-pyrrole nitrogens is 1. The quantitative estimate of drug-likeness (QED) is 0.624. The van der Waals surface area contributed by atoms with Crippen LogP contribution in [-0.4, -0.2) is 54.4 Å². The number of fused-ring (bicyclic) bond motifs is 2. The lowest BCUT2D eigenvalue weighted by Crippen LogP contribution is -2.19. The average molecular weight is 413 g/mol. The monoisotopic (exact) mass is 412 g/mol. The molecule has 9 heteroatoms. The number of anilines is 1. The lowest BCUT2D eigenvalue weighted by atomic mass is 9.92. The van der Waals surface area contributed by atoms with Gasteiger partial charge in [0.1, 0.15) is 13.2 Å². The van der Waals surface area contributed by atoms with Crippen molar-refractivity contribution in [3.8, 4) is 0 Å². The van der Waals surface area contributed by atoms with Crippen LogP contribution in [0.4, 0.5) is 10.7 Å². The molecule has 3 aromatic rings. The smallest absolute Gasteiger partial charge is 0.414 e. The van der Waals surface area contributed by atoms with E-state index >= 15 is 0 Å². The van der Waals surface area contributed by atoms with Crippen LogP contribution in [0, 0.1) is 0 Å². The summed E-state index contributed by atoms with van der Waals surface area (Å²) in [4.78, 5) is 35.7. The van der Waals surface area contributed by atoms with Crippen LogP contribution in [0.15, 0.2) is 41.4 Å². The van der Waals surface area contributed by atoms with Crippen LogP contribution in [0.5, 0.6) is 0 Å². The molecule has 0 unspecified atom stereocenters. The first kappa shape index (κ1) is 19.1. The van der Waals surface area contributed by atoms with Crippen molar-refractivity contribution in [2.24, 2.45) is 4.99 Å². The van der Waals surface area contributed by atoms with Gasteiger partial charge in [-0.3, -0.25) is 15.1 Å². The van der Waals surface area contributed by atoms with Crippen molar-refractivity contribution in [2.45, 2.75) is 0 Å². The number of halogens is 1. The summed E-state index contributed by atoms with van der Waals surface area (Å²) in [6.45, 7) is 0.547. The number of aromatic nitrogens is 2. The van der Waals surface area contributed by atoms with Crippen LogP contribution < -0.4 is 5.32 Å². The minimum atomic E-state index is -0.625. The molecule has 29 heavy (non-hydrogen) atoms. The molecule has 1 aromatic heterocycles. The Morgan fingerprint density at radius 1 is 1.21 bits per heavy atom. The Labute approximate surface area is 170 Å². The topological polar surface area (TPSA) is 106 Å². The molecule has 148 valence electrons. The number of ether oxygens (including phenoxy) is 2. The maximum Gasteiger partial charge on any atom is 0.414 e. The SMILES string of the molecule is COCCOC(=O)Nc1nc2ccc(C3=NCC(=O)c4ccc(Cl)cc43)cc2[nH]1. The first-order valence-corrected chi connectivity index (χ1v) is 9.23. The molecule has 0 atom stereocenters. The van der Waals surface area contributed by atoms with E-state index in [1.165, 1.54) is 7.11 Å². The molecule has 1 amide bonds. The number of amides is 1. The zero-order valence-electron chi connectivity index (χ0n) is 15.5. The zero-order valence-corrected chi connectivity index (χ0v) is 16.2. The van der Waals surface area contributed by atoms with Crippen LogP contribution >= 0.6 is 11.6 Å². The predicted molar refractivity (Wildman–Crippen MR) is 109 cm³/mol. The molecular formula is C20H17ClN4O4. The number of hydrogen-bond acceptors (Lipinski definition) is 6. The van der Waals surface area contributed by atoms with Crippen LogP contribution in [0.1, 0.15) is 21.5 Å². The molecule has 0 spiro atoms. The molecule has 0 fully saturated rings. The second-order valence-electron chi connectivity index (χ2n) is 6.35. The van der Waals surface area contributed by atoms with Crippen molar-refractivity contribution in [1.29, 1.82) is 0 Å². The molecule has 0 saturated carbocycles. The van der Waals surface area contributed by atoms with Gasteiger partial charge < -0.3 is 14.5 Å². The van der Waals surface area contributed by atoms with Crippen LogP contribution in [0.3, 0.4) is 0 Å². The summed E-state index contributed by atoms with van der Waals surface area (Å²) >= 11 is 6.13. The van der Waals surface area contributed by atoms with E-state index < -0.39 is 6.09 Å². The van der Waals surface area contributed by atoms with Crippen molar-refractivity contribution >= 4 is 46.2 Å². The van der Waals surface area contributed by atoms with E-state index in [4.69, 9.17) is 21.1 Å². The van der Waals surface area contributed by atoms with Gasteiger partial charge in [0.05, 0.1) is 23.4 Å². The van der Waals surface area contributed by atoms with Gasteiger partial charge in [-0.1, -0.05) is 17.7 Å². The molecule has 4 rings (SSSR count). The Morgan fingerprint density at radius 3 is 2.90 bits per heavy atom. The van der Waals surface area contributed by atoms with Gasteiger partial charge in [0.15, 0.2) is 5.78 Å². The Kier molecular flexibility index (Phi) is 5.28. The Hall–Kier alpha value is -3.23. The maximum absolute atomic E-state index is 12.2. The Balaban J connectivity index is 1.61. The Bertz CT molecular complexity index is 1140. The molecule has 1 aliphatic heterocycles. The van der Waals surface area contributed by atoms with E-state index in [0.717, 1.165) is 5.56 Å². The second-order valence-corrected chi connectivity index (χ2v) is 6.79. The third kappa shape index (κ3) is 3.98. The van der Waals surface area contributed by atoms with Crippen LogP contribution in [0.25, 0.3) is 11.0 Å². The number of aliphatic imine (C=N–C) groups is 1. The van der Waals surface area contributed by atoms with Gasteiger partial charge in [0, 0.05) is 28.8 Å². The normalized spacial score (nSPS) is 13.2. The number of nitrogens with zero attached hydrogens (tertiary/aromatic N) is 2. The fraction of sp³-hybridized carbons (Fsp3) is 0.200. The van der Waals surface area contributed by atoms with Gasteiger partial charge in [0.2, 0.25) is 5.95 Å². The molecule has 0 bridgehead atoms. The molecule has 0 saturated heterocycles. The summed E-state index contributed by atoms with van der Waals surface area (Å²) < 4.78 is 9.79. The minimum absolute atomic E-state index is 0.0403. The number of nitrogens with one attached hydrogen (secondary N) is 2. The number of carbonyl (C=O) groups excluding carboxylic acids is 2. The lowest BCUT2D eigenvalue weighted by Gasteiger charge is -2.16. The summed E-state index contributed by atoms with van der Waals surface area (Å²) in [5.74, 6) is 0.227. The molecule has 2 aromatic carbocycles. The number of rotatable bonds is 5. The number of imidazole rings is 1. The van der Waals surface area contributed by atoms with Crippen molar-refractivity contribution < 1.29 is 19.1 Å². The van der Waals surface area contributed by atoms with E-state index in [-0.39, 0.29) is 24.9 Å². The standard InChI is InChI=1S/C20H17ClN4O4/c1-28-6-7-29-20(27)25-19-23-15-5-2-11(8-16(15)24-19)18-14-9-12(21)3-4-13(14)17(26)10-22-18/h2-5,8-9H,6-7,10H2,1H3,(H2,23,24,25,27). The molecular weight excluding hydrogens is 396 g/mol. The number of methoxy groups -OCH3 is 1. The molecule has 1 aliphatic rings. The van der Waals surface area contributed by atoms with E-state index in [1.54, 1.807) is 18.2 Å². The lowest BCUT2D eigenvalue weighted by molar-refractivity contribution is 0.1000. The van der Waals surface area contributed by atoms with E-state index in [2.05, 4.69) is 20.3 Å². The molecule has 2 N–H and O–H groups in total. The van der Waals surface area contributed by atoms with E-state index in [9.17, 15) is 9.59 Å². The first-order chi connectivity index (χ1) is 14.0. The summed E-state index contributed by atoms with van der Waals surface area (Å²) in [6, 6.07) is 10.7. The van der Waals surface area contributed by atoms with Crippen molar-refractivity contribution in [1.82, 2.24) is 9.97 Å². The molecule has 0 radical (unpaired) electrons. The van der Waals surface area contributed by atoms with E-state index in [1.807, 2.05) is 18.2 Å². The van der Waals surface area contributed by atoms with Gasteiger partial charge in [0.25, 0.3) is 0 Å². The minimum Gasteiger partial charge on any atom is -0.447 e. The number of hydrogen-bond donors (Lipinski definition) is 2. The summed E-state index contributed by atoms with van der Waals surface area (Å²) in [6.07, 6.45) is -0.625. The van der Waals surface area contributed by atoms with Crippen molar-refractivity contribution in [3.05, 3.63) is 58.1 Å². The highest BCUT2D eigenvalue weighted by atomic mass is 35.5. The highest BCUT2D eigenvalue weighted by molar-refractivity contribution is 6.32. The number of benzene rings is 2. The largest absolute Gasteiger partial charge is 0.447 e. The van der Waals surface area contributed by atoms with Gasteiger partial charge in [-0.25, -0.2) is 9.78 Å². The summed E-state index contributed by atoms with van der Waals surface area (Å²) in [7, 11) is 1.52. The fourth-order valence-corrected chi connectivity index (χ4v) is 3.26. The molecule has 8 nitrogen and oxygen atoms in total. The van der Waals surface area contributed by atoms with Gasteiger partial charge in [-0.05, 0) is 30.3 Å². The van der Waals surface area contributed by atoms with E-state index in [0.29, 0.717) is 39.5 Å². The van der Waals surface area contributed by atoms with Gasteiger partial charge in [-0.2, -0.15) is 0 Å². The zero-order chi connectivity index (χ0) is 20.4. The highest BCUT2D eigenvalue weighted by Gasteiger charge is 2.22. The van der Waals surface area contributed by atoms with Crippen LogP contribution in [0.2, 0.25) is 5.02 Å². The Morgan fingerprint density at radius 2 is 2.07 bits per heavy atom. The number of aromatic amines is 1. The van der Waals surface area contributed by atoms with Crippen molar-refractivity contribution in [3.63, 3.8) is 0 Å². The molecule has 0 aliphatic carbocycles. The summed E-state index contributed by atoms with van der Waals surface area (Å²) in [5.41, 5.74) is 4.18. The van der Waals surface area contributed by atoms with Crippen LogP contribution in [-0.2, 0) is 9.47 Å². The summed E-state index contributed by atoms with van der Waals surface area (Å²) in [5, 5.41) is 3.08. The third-order valence-electron chi connectivity index (χ3n) is 4.41. The predicted octanol–water partition coefficient (Wildman–Crippen LogP) is 3.44. The average Bonchev–Trinajstić information content (AvgIpc) is 3.09. The van der Waals surface area contributed by atoms with Gasteiger partial charge >= 0.3 is 6.09 Å². The number of carbonyl (C=O) groups is 2.